The van der Waals surface area contributed by atoms with E-state index in [-0.39, 0.29) is 11.4 Å². The molecule has 0 bridgehead atoms. The molecule has 10 heteroatoms. The maximum atomic E-state index is 13.1. The van der Waals surface area contributed by atoms with Crippen LogP contribution in [0.1, 0.15) is 27.3 Å². The van der Waals surface area contributed by atoms with Gasteiger partial charge in [0.1, 0.15) is 0 Å². The van der Waals surface area contributed by atoms with Crippen LogP contribution in [0, 0.1) is 13.8 Å². The normalized spacial score (nSPS) is 11.6. The van der Waals surface area contributed by atoms with Crippen molar-refractivity contribution in [3.63, 3.8) is 0 Å². The van der Waals surface area contributed by atoms with Gasteiger partial charge in [0.2, 0.25) is 5.43 Å². The highest BCUT2D eigenvalue weighted by atomic mass is 32.1. The van der Waals surface area contributed by atoms with Crippen molar-refractivity contribution in [2.45, 2.75) is 20.0 Å². The largest absolute Gasteiger partial charge is 0.416 e. The number of rotatable bonds is 3. The van der Waals surface area contributed by atoms with E-state index < -0.39 is 28.8 Å². The van der Waals surface area contributed by atoms with Crippen molar-refractivity contribution < 1.29 is 18.0 Å². The van der Waals surface area contributed by atoms with Gasteiger partial charge in [-0.1, -0.05) is 29.5 Å². The lowest BCUT2D eigenvalue weighted by molar-refractivity contribution is -0.137. The number of fused-ring (bicyclic) bond motifs is 1. The Labute approximate surface area is 178 Å². The molecule has 6 nitrogen and oxygen atoms in total. The van der Waals surface area contributed by atoms with Gasteiger partial charge >= 0.3 is 6.18 Å². The fourth-order valence-corrected chi connectivity index (χ4v) is 4.01. The van der Waals surface area contributed by atoms with Crippen molar-refractivity contribution in [3.8, 4) is 5.69 Å². The number of thiazole rings is 1. The van der Waals surface area contributed by atoms with Gasteiger partial charge in [0, 0.05) is 11.8 Å². The van der Waals surface area contributed by atoms with Gasteiger partial charge in [-0.25, -0.2) is 9.67 Å². The SMILES string of the molecule is Cc1cccc2sc(NC(=O)c3nn(-c4cccc(C(F)(F)F)c4)c(C)cc3=O)nc12. The second-order valence-electron chi connectivity index (χ2n) is 6.85. The number of amides is 1. The number of carbonyl (C=O) groups is 1. The maximum absolute atomic E-state index is 13.1. The number of aromatic nitrogens is 3. The van der Waals surface area contributed by atoms with E-state index in [1.165, 1.54) is 30.4 Å². The average Bonchev–Trinajstić information content (AvgIpc) is 3.11. The van der Waals surface area contributed by atoms with Gasteiger partial charge in [-0.3, -0.25) is 14.9 Å². The molecule has 1 N–H and O–H groups in total. The predicted molar refractivity (Wildman–Crippen MR) is 112 cm³/mol. The molecule has 2 aromatic heterocycles. The fourth-order valence-electron chi connectivity index (χ4n) is 3.08. The molecule has 4 aromatic rings. The van der Waals surface area contributed by atoms with Gasteiger partial charge in [0.15, 0.2) is 10.8 Å². The summed E-state index contributed by atoms with van der Waals surface area (Å²) >= 11 is 1.24. The first kappa shape index (κ1) is 20.7. The van der Waals surface area contributed by atoms with Crippen LogP contribution in [-0.4, -0.2) is 20.7 Å². The number of nitrogens with one attached hydrogen (secondary N) is 1. The quantitative estimate of drug-likeness (QED) is 0.496. The number of benzene rings is 2. The molecule has 0 fully saturated rings. The summed E-state index contributed by atoms with van der Waals surface area (Å²) in [6.07, 6.45) is -4.53. The molecule has 2 aromatic carbocycles. The third-order valence-corrected chi connectivity index (χ3v) is 5.52. The molecule has 0 saturated carbocycles. The highest BCUT2D eigenvalue weighted by Crippen LogP contribution is 2.30. The molecule has 0 aliphatic rings. The van der Waals surface area contributed by atoms with Crippen LogP contribution >= 0.6 is 11.3 Å². The summed E-state index contributed by atoms with van der Waals surface area (Å²) in [5.74, 6) is -0.789. The van der Waals surface area contributed by atoms with Gasteiger partial charge in [0.05, 0.1) is 21.5 Å². The van der Waals surface area contributed by atoms with Gasteiger partial charge in [-0.2, -0.15) is 18.3 Å². The van der Waals surface area contributed by atoms with Crippen LogP contribution in [-0.2, 0) is 6.18 Å². The van der Waals surface area contributed by atoms with Crippen molar-refractivity contribution in [2.24, 2.45) is 0 Å². The van der Waals surface area contributed by atoms with Crippen molar-refractivity contribution in [2.75, 3.05) is 5.32 Å². The van der Waals surface area contributed by atoms with E-state index in [4.69, 9.17) is 0 Å². The smallest absolute Gasteiger partial charge is 0.296 e. The Balaban J connectivity index is 1.71. The molecule has 0 radical (unpaired) electrons. The zero-order valence-electron chi connectivity index (χ0n) is 16.3. The van der Waals surface area contributed by atoms with E-state index in [9.17, 15) is 22.8 Å². The number of anilines is 1. The molecule has 0 saturated heterocycles. The lowest BCUT2D eigenvalue weighted by Crippen LogP contribution is -2.27. The van der Waals surface area contributed by atoms with Gasteiger partial charge in [-0.15, -0.1) is 0 Å². The molecule has 2 heterocycles. The minimum Gasteiger partial charge on any atom is -0.296 e. The third-order valence-electron chi connectivity index (χ3n) is 4.58. The first-order valence-corrected chi connectivity index (χ1v) is 9.91. The van der Waals surface area contributed by atoms with Crippen LogP contribution in [0.4, 0.5) is 18.3 Å². The minimum atomic E-state index is -4.53. The van der Waals surface area contributed by atoms with Crippen LogP contribution in [0.2, 0.25) is 0 Å². The highest BCUT2D eigenvalue weighted by Gasteiger charge is 2.30. The Hall–Kier alpha value is -3.53. The van der Waals surface area contributed by atoms with Crippen LogP contribution in [0.3, 0.4) is 0 Å². The minimum absolute atomic E-state index is 0.0805. The Bertz CT molecular complexity index is 1380. The van der Waals surface area contributed by atoms with Crippen LogP contribution in [0.5, 0.6) is 0 Å². The number of alkyl halides is 3. The zero-order valence-corrected chi connectivity index (χ0v) is 17.1. The van der Waals surface area contributed by atoms with Crippen LogP contribution < -0.4 is 10.7 Å². The van der Waals surface area contributed by atoms with E-state index >= 15 is 0 Å². The van der Waals surface area contributed by atoms with Crippen LogP contribution in [0.15, 0.2) is 53.3 Å². The summed E-state index contributed by atoms with van der Waals surface area (Å²) in [4.78, 5) is 29.5. The zero-order chi connectivity index (χ0) is 22.3. The number of hydrogen-bond donors (Lipinski definition) is 1. The second-order valence-corrected chi connectivity index (χ2v) is 7.88. The molecule has 0 atom stereocenters. The van der Waals surface area contributed by atoms with E-state index in [0.29, 0.717) is 5.13 Å². The number of aryl methyl sites for hydroxylation is 2. The van der Waals surface area contributed by atoms with E-state index in [2.05, 4.69) is 15.4 Å². The molecule has 4 rings (SSSR count). The fraction of sp³-hybridized carbons (Fsp3) is 0.143. The summed E-state index contributed by atoms with van der Waals surface area (Å²) < 4.78 is 41.2. The van der Waals surface area contributed by atoms with Crippen molar-refractivity contribution in [3.05, 3.63) is 81.3 Å². The van der Waals surface area contributed by atoms with Gasteiger partial charge in [-0.05, 0) is 43.7 Å². The molecule has 0 aliphatic heterocycles. The Morgan fingerprint density at radius 3 is 2.55 bits per heavy atom. The van der Waals surface area contributed by atoms with Crippen molar-refractivity contribution in [1.29, 1.82) is 0 Å². The Kier molecular flexibility index (Phi) is 5.10. The molecule has 0 aliphatic carbocycles. The monoisotopic (exact) mass is 444 g/mol. The van der Waals surface area contributed by atoms with Crippen LogP contribution in [0.25, 0.3) is 15.9 Å². The van der Waals surface area contributed by atoms with Crippen molar-refractivity contribution >= 4 is 32.6 Å². The van der Waals surface area contributed by atoms with Crippen molar-refractivity contribution in [1.82, 2.24) is 14.8 Å². The molecule has 158 valence electrons. The summed E-state index contributed by atoms with van der Waals surface area (Å²) in [5.41, 5.74) is 0.0966. The summed E-state index contributed by atoms with van der Waals surface area (Å²) in [6.45, 7) is 3.41. The van der Waals surface area contributed by atoms with Gasteiger partial charge in [0.25, 0.3) is 5.91 Å². The lowest BCUT2D eigenvalue weighted by atomic mass is 10.2. The number of hydrogen-bond acceptors (Lipinski definition) is 5. The summed E-state index contributed by atoms with van der Waals surface area (Å²) in [5, 5.41) is 6.89. The lowest BCUT2D eigenvalue weighted by Gasteiger charge is -2.13. The first-order valence-electron chi connectivity index (χ1n) is 9.09. The number of para-hydroxylation sites is 1. The molecule has 31 heavy (non-hydrogen) atoms. The highest BCUT2D eigenvalue weighted by molar-refractivity contribution is 7.22. The average molecular weight is 444 g/mol. The first-order chi connectivity index (χ1) is 14.6. The van der Waals surface area contributed by atoms with E-state index in [0.717, 1.165) is 38.7 Å². The number of carbonyl (C=O) groups excluding carboxylic acids is 1. The third kappa shape index (κ3) is 4.06. The second kappa shape index (κ2) is 7.62. The molecule has 1 amide bonds. The molecule has 0 unspecified atom stereocenters. The van der Waals surface area contributed by atoms with E-state index in [1.807, 2.05) is 25.1 Å². The number of nitrogens with zero attached hydrogens (tertiary/aromatic N) is 3. The molecular weight excluding hydrogens is 429 g/mol. The maximum Gasteiger partial charge on any atom is 0.416 e. The number of halogens is 3. The Morgan fingerprint density at radius 2 is 1.84 bits per heavy atom. The Morgan fingerprint density at radius 1 is 1.10 bits per heavy atom. The molecule has 0 spiro atoms. The standard InChI is InChI=1S/C21H15F3N4O2S/c1-11-5-3-8-16-17(11)25-20(31-16)26-19(30)18-15(29)9-12(2)28(27-18)14-7-4-6-13(10-14)21(22,23)24/h3-10H,1-2H3,(H,25,26,30). The van der Waals surface area contributed by atoms with Gasteiger partial charge < -0.3 is 0 Å². The molecular formula is C21H15F3N4O2S. The summed E-state index contributed by atoms with van der Waals surface area (Å²) in [7, 11) is 0. The summed E-state index contributed by atoms with van der Waals surface area (Å²) in [6, 6.07) is 11.3. The van der Waals surface area contributed by atoms with E-state index in [1.54, 1.807) is 0 Å². The topological polar surface area (TPSA) is 76.9 Å². The predicted octanol–water partition coefficient (Wildman–Crippen LogP) is 4.73.